The second-order valence-corrected chi connectivity index (χ2v) is 8.56. The summed E-state index contributed by atoms with van der Waals surface area (Å²) in [7, 11) is 0. The topological polar surface area (TPSA) is 71.1 Å². The molecule has 3 aliphatic rings. The molecule has 1 N–H and O–H groups in total. The summed E-state index contributed by atoms with van der Waals surface area (Å²) in [5.74, 6) is 0.667. The zero-order valence-electron chi connectivity index (χ0n) is 17.7. The maximum Gasteiger partial charge on any atom is 0.317 e. The SMILES string of the molecule is O=C(NCC1CCCO1)N1CCC(Cc2ccc(C(=O)N3CCOCC3)cc2)CC1. The van der Waals surface area contributed by atoms with Crippen LogP contribution in [0.5, 0.6) is 0 Å². The molecule has 164 valence electrons. The highest BCUT2D eigenvalue weighted by atomic mass is 16.5. The van der Waals surface area contributed by atoms with E-state index in [1.165, 1.54) is 5.56 Å². The van der Waals surface area contributed by atoms with Crippen LogP contribution in [0.1, 0.15) is 41.6 Å². The lowest BCUT2D eigenvalue weighted by molar-refractivity contribution is 0.0303. The van der Waals surface area contributed by atoms with Gasteiger partial charge >= 0.3 is 6.03 Å². The number of carbonyl (C=O) groups excluding carboxylic acids is 2. The zero-order chi connectivity index (χ0) is 20.8. The van der Waals surface area contributed by atoms with Gasteiger partial charge in [0.2, 0.25) is 0 Å². The first-order valence-electron chi connectivity index (χ1n) is 11.3. The van der Waals surface area contributed by atoms with Crippen LogP contribution < -0.4 is 5.32 Å². The fourth-order valence-corrected chi connectivity index (χ4v) is 4.52. The number of likely N-dealkylation sites (tertiary alicyclic amines) is 1. The maximum absolute atomic E-state index is 12.6. The monoisotopic (exact) mass is 415 g/mol. The lowest BCUT2D eigenvalue weighted by Crippen LogP contribution is -2.46. The number of morpholine rings is 1. The molecule has 0 bridgehead atoms. The lowest BCUT2D eigenvalue weighted by atomic mass is 9.90. The first-order chi connectivity index (χ1) is 14.7. The van der Waals surface area contributed by atoms with Gasteiger partial charge in [-0.3, -0.25) is 4.79 Å². The quantitative estimate of drug-likeness (QED) is 0.801. The number of rotatable bonds is 5. The van der Waals surface area contributed by atoms with Gasteiger partial charge in [0.15, 0.2) is 0 Å². The Balaban J connectivity index is 1.20. The fraction of sp³-hybridized carbons (Fsp3) is 0.652. The van der Waals surface area contributed by atoms with Gasteiger partial charge in [-0.1, -0.05) is 12.1 Å². The van der Waals surface area contributed by atoms with Gasteiger partial charge in [0, 0.05) is 44.9 Å². The molecule has 0 aliphatic carbocycles. The molecule has 7 heteroatoms. The van der Waals surface area contributed by atoms with Crippen LogP contribution in [0, 0.1) is 5.92 Å². The second-order valence-electron chi connectivity index (χ2n) is 8.56. The normalized spacial score (nSPS) is 22.9. The Labute approximate surface area is 178 Å². The zero-order valence-corrected chi connectivity index (χ0v) is 17.7. The molecule has 3 heterocycles. The highest BCUT2D eigenvalue weighted by molar-refractivity contribution is 5.94. The number of benzene rings is 1. The van der Waals surface area contributed by atoms with E-state index in [0.29, 0.717) is 38.8 Å². The Hall–Kier alpha value is -2.12. The van der Waals surface area contributed by atoms with Gasteiger partial charge in [0.25, 0.3) is 5.91 Å². The van der Waals surface area contributed by atoms with Gasteiger partial charge in [-0.05, 0) is 55.7 Å². The minimum atomic E-state index is 0.0370. The van der Waals surface area contributed by atoms with Gasteiger partial charge in [-0.15, -0.1) is 0 Å². The van der Waals surface area contributed by atoms with Crippen molar-refractivity contribution in [3.8, 4) is 0 Å². The number of ether oxygens (including phenoxy) is 2. The first kappa shape index (κ1) is 21.1. The van der Waals surface area contributed by atoms with E-state index in [0.717, 1.165) is 57.4 Å². The van der Waals surface area contributed by atoms with Crippen molar-refractivity contribution in [3.05, 3.63) is 35.4 Å². The molecular formula is C23H33N3O4. The van der Waals surface area contributed by atoms with Gasteiger partial charge < -0.3 is 24.6 Å². The first-order valence-corrected chi connectivity index (χ1v) is 11.3. The Morgan fingerprint density at radius 3 is 2.33 bits per heavy atom. The van der Waals surface area contributed by atoms with Gasteiger partial charge in [-0.25, -0.2) is 4.79 Å². The van der Waals surface area contributed by atoms with E-state index in [4.69, 9.17) is 9.47 Å². The minimum Gasteiger partial charge on any atom is -0.378 e. The summed E-state index contributed by atoms with van der Waals surface area (Å²) < 4.78 is 10.9. The molecule has 30 heavy (non-hydrogen) atoms. The smallest absolute Gasteiger partial charge is 0.317 e. The molecule has 3 aliphatic heterocycles. The Morgan fingerprint density at radius 2 is 1.67 bits per heavy atom. The molecule has 0 aromatic heterocycles. The molecule has 3 amide bonds. The molecule has 3 fully saturated rings. The molecule has 1 atom stereocenters. The van der Waals surface area contributed by atoms with E-state index in [-0.39, 0.29) is 18.0 Å². The van der Waals surface area contributed by atoms with Crippen molar-refractivity contribution in [3.63, 3.8) is 0 Å². The van der Waals surface area contributed by atoms with Crippen LogP contribution in [-0.2, 0) is 15.9 Å². The van der Waals surface area contributed by atoms with Gasteiger partial charge in [-0.2, -0.15) is 0 Å². The molecule has 0 spiro atoms. The maximum atomic E-state index is 12.6. The van der Waals surface area contributed by atoms with Crippen molar-refractivity contribution in [1.29, 1.82) is 0 Å². The molecule has 1 aromatic carbocycles. The average Bonchev–Trinajstić information content (AvgIpc) is 3.32. The third-order valence-corrected chi connectivity index (χ3v) is 6.43. The third kappa shape index (κ3) is 5.52. The summed E-state index contributed by atoms with van der Waals surface area (Å²) in [6.07, 6.45) is 5.35. The molecule has 4 rings (SSSR count). The molecule has 3 saturated heterocycles. The summed E-state index contributed by atoms with van der Waals surface area (Å²) >= 11 is 0. The molecule has 0 saturated carbocycles. The van der Waals surface area contributed by atoms with Crippen LogP contribution >= 0.6 is 0 Å². The van der Waals surface area contributed by atoms with Crippen LogP contribution in [-0.4, -0.2) is 80.4 Å². The van der Waals surface area contributed by atoms with Gasteiger partial charge in [0.1, 0.15) is 0 Å². The Bertz CT molecular complexity index is 704. The van der Waals surface area contributed by atoms with Crippen LogP contribution in [0.25, 0.3) is 0 Å². The predicted octanol–water partition coefficient (Wildman–Crippen LogP) is 2.30. The number of hydrogen-bond acceptors (Lipinski definition) is 4. The number of amides is 3. The van der Waals surface area contributed by atoms with E-state index >= 15 is 0 Å². The third-order valence-electron chi connectivity index (χ3n) is 6.43. The largest absolute Gasteiger partial charge is 0.378 e. The molecule has 1 aromatic rings. The van der Waals surface area contributed by atoms with E-state index in [1.54, 1.807) is 0 Å². The Morgan fingerprint density at radius 1 is 0.933 bits per heavy atom. The summed E-state index contributed by atoms with van der Waals surface area (Å²) in [4.78, 5) is 28.7. The molecule has 0 radical (unpaired) electrons. The summed E-state index contributed by atoms with van der Waals surface area (Å²) in [6, 6.07) is 8.08. The average molecular weight is 416 g/mol. The Kier molecular flexibility index (Phi) is 7.23. The van der Waals surface area contributed by atoms with Crippen LogP contribution in [0.15, 0.2) is 24.3 Å². The molecule has 7 nitrogen and oxygen atoms in total. The van der Waals surface area contributed by atoms with Crippen molar-refractivity contribution < 1.29 is 19.1 Å². The van der Waals surface area contributed by atoms with Crippen molar-refractivity contribution in [2.75, 3.05) is 52.5 Å². The van der Waals surface area contributed by atoms with E-state index in [9.17, 15) is 9.59 Å². The van der Waals surface area contributed by atoms with E-state index in [1.807, 2.05) is 21.9 Å². The van der Waals surface area contributed by atoms with Gasteiger partial charge in [0.05, 0.1) is 19.3 Å². The number of carbonyl (C=O) groups is 2. The molecular weight excluding hydrogens is 382 g/mol. The summed E-state index contributed by atoms with van der Waals surface area (Å²) in [5, 5.41) is 3.02. The predicted molar refractivity (Wildman–Crippen MR) is 114 cm³/mol. The highest BCUT2D eigenvalue weighted by Crippen LogP contribution is 2.22. The molecule has 1 unspecified atom stereocenters. The van der Waals surface area contributed by atoms with Crippen molar-refractivity contribution >= 4 is 11.9 Å². The minimum absolute atomic E-state index is 0.0370. The highest BCUT2D eigenvalue weighted by Gasteiger charge is 2.24. The van der Waals surface area contributed by atoms with Crippen LogP contribution in [0.4, 0.5) is 4.79 Å². The number of urea groups is 1. The van der Waals surface area contributed by atoms with Crippen LogP contribution in [0.2, 0.25) is 0 Å². The number of hydrogen-bond donors (Lipinski definition) is 1. The van der Waals surface area contributed by atoms with Crippen LogP contribution in [0.3, 0.4) is 0 Å². The number of nitrogens with one attached hydrogen (secondary N) is 1. The fourth-order valence-electron chi connectivity index (χ4n) is 4.52. The standard InChI is InChI=1S/C23H33N3O4/c27-22(25-11-14-29-15-12-25)20-5-3-18(4-6-20)16-19-7-9-26(10-8-19)23(28)24-17-21-2-1-13-30-21/h3-6,19,21H,1-2,7-17H2,(H,24,28). The van der Waals surface area contributed by atoms with Crippen molar-refractivity contribution in [1.82, 2.24) is 15.1 Å². The van der Waals surface area contributed by atoms with E-state index in [2.05, 4.69) is 17.4 Å². The summed E-state index contributed by atoms with van der Waals surface area (Å²) in [6.45, 7) is 5.61. The van der Waals surface area contributed by atoms with Crippen molar-refractivity contribution in [2.45, 2.75) is 38.2 Å². The van der Waals surface area contributed by atoms with E-state index < -0.39 is 0 Å². The van der Waals surface area contributed by atoms with Crippen molar-refractivity contribution in [2.24, 2.45) is 5.92 Å². The lowest BCUT2D eigenvalue weighted by Gasteiger charge is -2.32. The number of piperidine rings is 1. The summed E-state index contributed by atoms with van der Waals surface area (Å²) in [5.41, 5.74) is 2.01. The second kappa shape index (κ2) is 10.3. The number of nitrogens with zero attached hydrogens (tertiary/aromatic N) is 2.